The third kappa shape index (κ3) is 2.27. The molecule has 1 atom stereocenters. The van der Waals surface area contributed by atoms with Crippen LogP contribution in [0.3, 0.4) is 0 Å². The summed E-state index contributed by atoms with van der Waals surface area (Å²) >= 11 is 0. The van der Waals surface area contributed by atoms with E-state index >= 15 is 0 Å². The second kappa shape index (κ2) is 3.94. The van der Waals surface area contributed by atoms with Gasteiger partial charge in [0.15, 0.2) is 0 Å². The lowest BCUT2D eigenvalue weighted by Gasteiger charge is -2.29. The van der Waals surface area contributed by atoms with E-state index < -0.39 is 0 Å². The van der Waals surface area contributed by atoms with Crippen LogP contribution in [0.5, 0.6) is 0 Å². The van der Waals surface area contributed by atoms with Gasteiger partial charge in [0.25, 0.3) is 0 Å². The molecular weight excluding hydrogens is 126 g/mol. The van der Waals surface area contributed by atoms with Crippen LogP contribution >= 0.6 is 0 Å². The molecule has 0 heterocycles. The van der Waals surface area contributed by atoms with E-state index in [2.05, 4.69) is 12.2 Å². The minimum atomic E-state index is 0.523. The maximum atomic E-state index is 5.01. The smallest absolute Gasteiger partial charge is 0.0613 e. The van der Waals surface area contributed by atoms with E-state index in [1.165, 1.54) is 19.3 Å². The first-order chi connectivity index (χ1) is 4.83. The fourth-order valence-electron chi connectivity index (χ4n) is 1.28. The zero-order chi connectivity index (χ0) is 7.40. The largest absolute Gasteiger partial charge is 0.383 e. The molecular formula is C8H17NO. The molecule has 0 aromatic heterocycles. The van der Waals surface area contributed by atoms with Gasteiger partial charge in [0, 0.05) is 19.2 Å². The molecule has 1 saturated carbocycles. The van der Waals surface area contributed by atoms with Crippen LogP contribution in [0.2, 0.25) is 0 Å². The molecule has 0 amide bonds. The first kappa shape index (κ1) is 8.02. The predicted molar refractivity (Wildman–Crippen MR) is 42.1 cm³/mol. The van der Waals surface area contributed by atoms with Crippen molar-refractivity contribution in [1.29, 1.82) is 0 Å². The Kier molecular flexibility index (Phi) is 3.16. The molecule has 1 unspecified atom stereocenters. The highest BCUT2D eigenvalue weighted by atomic mass is 16.5. The minimum Gasteiger partial charge on any atom is -0.383 e. The highest BCUT2D eigenvalue weighted by molar-refractivity contribution is 4.78. The third-order valence-corrected chi connectivity index (χ3v) is 2.04. The molecule has 0 aromatic carbocycles. The normalized spacial score (nSPS) is 22.2. The molecule has 1 rings (SSSR count). The van der Waals surface area contributed by atoms with Gasteiger partial charge in [0.05, 0.1) is 6.61 Å². The lowest BCUT2D eigenvalue weighted by Crippen LogP contribution is -2.42. The molecule has 1 fully saturated rings. The summed E-state index contributed by atoms with van der Waals surface area (Å²) < 4.78 is 5.01. The van der Waals surface area contributed by atoms with Gasteiger partial charge in [-0.1, -0.05) is 6.42 Å². The fraction of sp³-hybridized carbons (Fsp3) is 1.00. The van der Waals surface area contributed by atoms with Crippen LogP contribution in [0.4, 0.5) is 0 Å². The van der Waals surface area contributed by atoms with E-state index in [0.717, 1.165) is 12.6 Å². The average Bonchev–Trinajstić information content (AvgIpc) is 1.80. The van der Waals surface area contributed by atoms with Crippen LogP contribution in [0, 0.1) is 0 Å². The van der Waals surface area contributed by atoms with E-state index in [1.807, 2.05) is 0 Å². The molecule has 10 heavy (non-hydrogen) atoms. The quantitative estimate of drug-likeness (QED) is 0.637. The van der Waals surface area contributed by atoms with E-state index in [1.54, 1.807) is 7.11 Å². The summed E-state index contributed by atoms with van der Waals surface area (Å²) in [6.45, 7) is 3.00. The summed E-state index contributed by atoms with van der Waals surface area (Å²) in [6, 6.07) is 1.31. The molecule has 0 radical (unpaired) electrons. The molecule has 1 N–H and O–H groups in total. The lowest BCUT2D eigenvalue weighted by atomic mass is 9.92. The van der Waals surface area contributed by atoms with E-state index in [0.29, 0.717) is 6.04 Å². The number of ether oxygens (including phenoxy) is 1. The molecule has 0 bridgehead atoms. The first-order valence-corrected chi connectivity index (χ1v) is 4.08. The summed E-state index contributed by atoms with van der Waals surface area (Å²) in [4.78, 5) is 0. The number of hydrogen-bond donors (Lipinski definition) is 1. The van der Waals surface area contributed by atoms with E-state index in [4.69, 9.17) is 4.74 Å². The van der Waals surface area contributed by atoms with Crippen molar-refractivity contribution in [2.75, 3.05) is 13.7 Å². The molecule has 0 spiro atoms. The van der Waals surface area contributed by atoms with E-state index in [-0.39, 0.29) is 0 Å². The Morgan fingerprint density at radius 3 is 2.70 bits per heavy atom. The summed E-state index contributed by atoms with van der Waals surface area (Å²) in [6.07, 6.45) is 4.11. The van der Waals surface area contributed by atoms with Crippen molar-refractivity contribution in [2.45, 2.75) is 38.3 Å². The number of rotatable bonds is 4. The van der Waals surface area contributed by atoms with Gasteiger partial charge in [-0.15, -0.1) is 0 Å². The van der Waals surface area contributed by atoms with Gasteiger partial charge in [-0.05, 0) is 19.8 Å². The Balaban J connectivity index is 1.99. The monoisotopic (exact) mass is 143 g/mol. The highest BCUT2D eigenvalue weighted by Gasteiger charge is 2.18. The van der Waals surface area contributed by atoms with Gasteiger partial charge in [0.2, 0.25) is 0 Å². The van der Waals surface area contributed by atoms with Gasteiger partial charge >= 0.3 is 0 Å². The van der Waals surface area contributed by atoms with Crippen molar-refractivity contribution in [3.8, 4) is 0 Å². The van der Waals surface area contributed by atoms with Crippen LogP contribution in [0.25, 0.3) is 0 Å². The van der Waals surface area contributed by atoms with Gasteiger partial charge in [0.1, 0.15) is 0 Å². The maximum absolute atomic E-state index is 5.01. The SMILES string of the molecule is COCC(C)NC1CCC1. The molecule has 2 heteroatoms. The molecule has 1 aliphatic carbocycles. The first-order valence-electron chi connectivity index (χ1n) is 4.08. The van der Waals surface area contributed by atoms with Crippen molar-refractivity contribution >= 4 is 0 Å². The Bertz CT molecular complexity index is 91.3. The van der Waals surface area contributed by atoms with Gasteiger partial charge < -0.3 is 10.1 Å². The number of nitrogens with one attached hydrogen (secondary N) is 1. The van der Waals surface area contributed by atoms with Gasteiger partial charge in [-0.3, -0.25) is 0 Å². The van der Waals surface area contributed by atoms with Gasteiger partial charge in [-0.2, -0.15) is 0 Å². The summed E-state index contributed by atoms with van der Waals surface area (Å²) in [5.74, 6) is 0. The average molecular weight is 143 g/mol. The molecule has 0 aromatic rings. The summed E-state index contributed by atoms with van der Waals surface area (Å²) in [7, 11) is 1.75. The topological polar surface area (TPSA) is 21.3 Å². The fourth-order valence-corrected chi connectivity index (χ4v) is 1.28. The Labute approximate surface area is 63.0 Å². The van der Waals surface area contributed by atoms with Crippen LogP contribution < -0.4 is 5.32 Å². The van der Waals surface area contributed by atoms with Crippen molar-refractivity contribution in [3.05, 3.63) is 0 Å². The standard InChI is InChI=1S/C8H17NO/c1-7(6-10-2)9-8-4-3-5-8/h7-9H,3-6H2,1-2H3. The number of methoxy groups -OCH3 is 1. The molecule has 0 aliphatic heterocycles. The van der Waals surface area contributed by atoms with Crippen molar-refractivity contribution < 1.29 is 4.74 Å². The predicted octanol–water partition coefficient (Wildman–Crippen LogP) is 1.16. The lowest BCUT2D eigenvalue weighted by molar-refractivity contribution is 0.157. The molecule has 0 saturated heterocycles. The Morgan fingerprint density at radius 2 is 2.30 bits per heavy atom. The van der Waals surface area contributed by atoms with Crippen LogP contribution in [0.1, 0.15) is 26.2 Å². The second-order valence-electron chi connectivity index (χ2n) is 3.15. The number of hydrogen-bond acceptors (Lipinski definition) is 2. The minimum absolute atomic E-state index is 0.523. The summed E-state index contributed by atoms with van der Waals surface area (Å²) in [5.41, 5.74) is 0. The Morgan fingerprint density at radius 1 is 1.60 bits per heavy atom. The van der Waals surface area contributed by atoms with Crippen LogP contribution in [-0.4, -0.2) is 25.8 Å². The molecule has 2 nitrogen and oxygen atoms in total. The van der Waals surface area contributed by atoms with Crippen LogP contribution in [-0.2, 0) is 4.74 Å². The maximum Gasteiger partial charge on any atom is 0.0613 e. The Hall–Kier alpha value is -0.0800. The molecule has 60 valence electrons. The third-order valence-electron chi connectivity index (χ3n) is 2.04. The van der Waals surface area contributed by atoms with Crippen molar-refractivity contribution in [1.82, 2.24) is 5.32 Å². The van der Waals surface area contributed by atoms with Crippen molar-refractivity contribution in [2.24, 2.45) is 0 Å². The zero-order valence-corrected chi connectivity index (χ0v) is 6.89. The van der Waals surface area contributed by atoms with Gasteiger partial charge in [-0.25, -0.2) is 0 Å². The summed E-state index contributed by atoms with van der Waals surface area (Å²) in [5, 5.41) is 3.49. The van der Waals surface area contributed by atoms with Crippen LogP contribution in [0.15, 0.2) is 0 Å². The highest BCUT2D eigenvalue weighted by Crippen LogP contribution is 2.18. The zero-order valence-electron chi connectivity index (χ0n) is 6.89. The van der Waals surface area contributed by atoms with Crippen molar-refractivity contribution in [3.63, 3.8) is 0 Å². The second-order valence-corrected chi connectivity index (χ2v) is 3.15. The van der Waals surface area contributed by atoms with E-state index in [9.17, 15) is 0 Å². The molecule has 1 aliphatic rings.